The zero-order valence-corrected chi connectivity index (χ0v) is 8.01. The van der Waals surface area contributed by atoms with E-state index in [4.69, 9.17) is 0 Å². The van der Waals surface area contributed by atoms with Crippen molar-refractivity contribution in [3.63, 3.8) is 0 Å². The molecule has 0 aromatic rings. The van der Waals surface area contributed by atoms with Gasteiger partial charge in [0.15, 0.2) is 0 Å². The smallest absolute Gasteiger partial charge is 0.407 e. The van der Waals surface area contributed by atoms with Crippen molar-refractivity contribution in [2.24, 2.45) is 0 Å². The van der Waals surface area contributed by atoms with E-state index in [2.05, 4.69) is 21.5 Å². The largest absolute Gasteiger partial charge is 0.453 e. The van der Waals surface area contributed by atoms with Crippen molar-refractivity contribution >= 4 is 6.09 Å². The van der Waals surface area contributed by atoms with Crippen LogP contribution in [-0.4, -0.2) is 37.7 Å². The molecule has 1 rings (SSSR count). The molecule has 1 aliphatic rings. The summed E-state index contributed by atoms with van der Waals surface area (Å²) in [6.07, 6.45) is 2.04. The molecule has 13 heavy (non-hydrogen) atoms. The summed E-state index contributed by atoms with van der Waals surface area (Å²) in [6.45, 7) is 6.49. The number of carbonyl (C=O) groups is 1. The van der Waals surface area contributed by atoms with Crippen LogP contribution in [0.3, 0.4) is 0 Å². The van der Waals surface area contributed by atoms with Crippen molar-refractivity contribution in [2.75, 3.05) is 26.7 Å². The van der Waals surface area contributed by atoms with Crippen LogP contribution in [-0.2, 0) is 4.74 Å². The van der Waals surface area contributed by atoms with Gasteiger partial charge in [0.25, 0.3) is 0 Å². The predicted octanol–water partition coefficient (Wildman–Crippen LogP) is 0.952. The lowest BCUT2D eigenvalue weighted by Crippen LogP contribution is -2.31. The van der Waals surface area contributed by atoms with Crippen LogP contribution in [0.2, 0.25) is 0 Å². The Bertz CT molecular complexity index is 198. The number of nitrogens with one attached hydrogen (secondary N) is 1. The van der Waals surface area contributed by atoms with Gasteiger partial charge in [-0.25, -0.2) is 4.79 Å². The van der Waals surface area contributed by atoms with Crippen molar-refractivity contribution in [2.45, 2.75) is 12.8 Å². The van der Waals surface area contributed by atoms with E-state index in [0.29, 0.717) is 6.54 Å². The summed E-state index contributed by atoms with van der Waals surface area (Å²) in [5.41, 5.74) is 0.961. The van der Waals surface area contributed by atoms with Crippen LogP contribution >= 0.6 is 0 Å². The molecule has 4 nitrogen and oxygen atoms in total. The lowest BCUT2D eigenvalue weighted by Gasteiger charge is -2.20. The first-order chi connectivity index (χ1) is 6.24. The molecule has 0 bridgehead atoms. The zero-order valence-electron chi connectivity index (χ0n) is 8.01. The topological polar surface area (TPSA) is 41.6 Å². The minimum absolute atomic E-state index is 0.402. The zero-order chi connectivity index (χ0) is 9.68. The fourth-order valence-electron chi connectivity index (χ4n) is 1.39. The molecule has 1 fully saturated rings. The molecule has 0 radical (unpaired) electrons. The molecule has 1 heterocycles. The second-order valence-electron chi connectivity index (χ2n) is 3.11. The fraction of sp³-hybridized carbons (Fsp3) is 0.667. The highest BCUT2D eigenvalue weighted by molar-refractivity contribution is 5.67. The minimum atomic E-state index is -0.402. The van der Waals surface area contributed by atoms with Gasteiger partial charge in [-0.1, -0.05) is 6.58 Å². The second kappa shape index (κ2) is 4.74. The fourth-order valence-corrected chi connectivity index (χ4v) is 1.39. The summed E-state index contributed by atoms with van der Waals surface area (Å²) in [5, 5.41) is 2.61. The van der Waals surface area contributed by atoms with Gasteiger partial charge in [0.1, 0.15) is 0 Å². The quantitative estimate of drug-likeness (QED) is 0.710. The molecule has 0 aromatic heterocycles. The summed E-state index contributed by atoms with van der Waals surface area (Å²) in [6, 6.07) is 0. The third-order valence-corrected chi connectivity index (χ3v) is 2.18. The van der Waals surface area contributed by atoms with E-state index in [9.17, 15) is 4.79 Å². The first kappa shape index (κ1) is 9.89. The van der Waals surface area contributed by atoms with Crippen LogP contribution in [0, 0.1) is 0 Å². The van der Waals surface area contributed by atoms with Crippen LogP contribution in [0.25, 0.3) is 0 Å². The van der Waals surface area contributed by atoms with Crippen molar-refractivity contribution in [3.05, 3.63) is 12.3 Å². The summed E-state index contributed by atoms with van der Waals surface area (Å²) in [4.78, 5) is 12.9. The number of likely N-dealkylation sites (tertiary alicyclic amines) is 1. The number of hydrogen-bond acceptors (Lipinski definition) is 3. The molecule has 1 N–H and O–H groups in total. The van der Waals surface area contributed by atoms with E-state index in [1.54, 1.807) is 0 Å². The molecule has 0 aromatic carbocycles. The summed E-state index contributed by atoms with van der Waals surface area (Å²) in [5.74, 6) is 0. The van der Waals surface area contributed by atoms with Gasteiger partial charge in [-0.3, -0.25) is 0 Å². The van der Waals surface area contributed by atoms with E-state index >= 15 is 0 Å². The standard InChI is InChI=1S/C9H16N2O2/c1-8(7-10-9(12)13-2)11-5-3-4-6-11/h1,3-7H2,2H3,(H,10,12). The van der Waals surface area contributed by atoms with E-state index in [0.717, 1.165) is 18.8 Å². The lowest BCUT2D eigenvalue weighted by molar-refractivity contribution is 0.171. The minimum Gasteiger partial charge on any atom is -0.453 e. The van der Waals surface area contributed by atoms with Crippen molar-refractivity contribution in [1.82, 2.24) is 10.2 Å². The van der Waals surface area contributed by atoms with Gasteiger partial charge in [-0.2, -0.15) is 0 Å². The van der Waals surface area contributed by atoms with Gasteiger partial charge in [0.2, 0.25) is 0 Å². The molecular weight excluding hydrogens is 168 g/mol. The van der Waals surface area contributed by atoms with E-state index in [1.165, 1.54) is 20.0 Å². The van der Waals surface area contributed by atoms with Gasteiger partial charge < -0.3 is 15.0 Å². The highest BCUT2D eigenvalue weighted by Crippen LogP contribution is 2.12. The molecule has 0 spiro atoms. The summed E-state index contributed by atoms with van der Waals surface area (Å²) in [7, 11) is 1.36. The number of alkyl carbamates (subject to hydrolysis) is 1. The maximum Gasteiger partial charge on any atom is 0.407 e. The molecule has 1 amide bonds. The van der Waals surface area contributed by atoms with E-state index in [1.807, 2.05) is 0 Å². The normalized spacial score (nSPS) is 15.6. The number of rotatable bonds is 3. The van der Waals surface area contributed by atoms with Crippen LogP contribution in [0.4, 0.5) is 4.79 Å². The van der Waals surface area contributed by atoms with Crippen molar-refractivity contribution in [3.8, 4) is 0 Å². The first-order valence-electron chi connectivity index (χ1n) is 4.48. The van der Waals surface area contributed by atoms with Crippen LogP contribution < -0.4 is 5.32 Å². The van der Waals surface area contributed by atoms with E-state index in [-0.39, 0.29) is 0 Å². The Morgan fingerprint density at radius 2 is 2.15 bits per heavy atom. The second-order valence-corrected chi connectivity index (χ2v) is 3.11. The third kappa shape index (κ3) is 2.97. The van der Waals surface area contributed by atoms with Crippen molar-refractivity contribution < 1.29 is 9.53 Å². The van der Waals surface area contributed by atoms with Crippen LogP contribution in [0.15, 0.2) is 12.3 Å². The maximum absolute atomic E-state index is 10.7. The van der Waals surface area contributed by atoms with Gasteiger partial charge in [0, 0.05) is 18.8 Å². The molecule has 1 saturated heterocycles. The van der Waals surface area contributed by atoms with Crippen molar-refractivity contribution in [1.29, 1.82) is 0 Å². The molecule has 1 aliphatic heterocycles. The molecular formula is C9H16N2O2. The average molecular weight is 184 g/mol. The van der Waals surface area contributed by atoms with Gasteiger partial charge in [-0.05, 0) is 12.8 Å². The Balaban J connectivity index is 2.20. The van der Waals surface area contributed by atoms with Gasteiger partial charge in [0.05, 0.1) is 13.7 Å². The molecule has 4 heteroatoms. The Morgan fingerprint density at radius 1 is 1.54 bits per heavy atom. The maximum atomic E-state index is 10.7. The molecule has 0 aliphatic carbocycles. The van der Waals surface area contributed by atoms with Crippen LogP contribution in [0.5, 0.6) is 0 Å². The highest BCUT2D eigenvalue weighted by Gasteiger charge is 2.13. The number of methoxy groups -OCH3 is 1. The number of carbonyl (C=O) groups excluding carboxylic acids is 1. The van der Waals surface area contributed by atoms with Gasteiger partial charge in [-0.15, -0.1) is 0 Å². The van der Waals surface area contributed by atoms with Crippen LogP contribution in [0.1, 0.15) is 12.8 Å². The first-order valence-corrected chi connectivity index (χ1v) is 4.48. The Kier molecular flexibility index (Phi) is 3.61. The lowest BCUT2D eigenvalue weighted by atomic mass is 10.4. The molecule has 0 saturated carbocycles. The van der Waals surface area contributed by atoms with Gasteiger partial charge >= 0.3 is 6.09 Å². The molecule has 0 atom stereocenters. The highest BCUT2D eigenvalue weighted by atomic mass is 16.5. The number of hydrogen-bond donors (Lipinski definition) is 1. The molecule has 0 unspecified atom stereocenters. The average Bonchev–Trinajstić information content (AvgIpc) is 2.66. The summed E-state index contributed by atoms with van der Waals surface area (Å²) >= 11 is 0. The number of nitrogens with zero attached hydrogens (tertiary/aromatic N) is 1. The number of ether oxygens (including phenoxy) is 1. The molecule has 74 valence electrons. The van der Waals surface area contributed by atoms with E-state index < -0.39 is 6.09 Å². The number of amides is 1. The monoisotopic (exact) mass is 184 g/mol. The third-order valence-electron chi connectivity index (χ3n) is 2.18. The summed E-state index contributed by atoms with van der Waals surface area (Å²) < 4.78 is 4.45. The SMILES string of the molecule is C=C(CNC(=O)OC)N1CCCC1. The Morgan fingerprint density at radius 3 is 2.69 bits per heavy atom. The Hall–Kier alpha value is -1.19. The Labute approximate surface area is 78.5 Å². The predicted molar refractivity (Wildman–Crippen MR) is 50.4 cm³/mol.